The third kappa shape index (κ3) is 3.55. The Labute approximate surface area is 115 Å². The zero-order valence-electron chi connectivity index (χ0n) is 11.6. The fourth-order valence-electron chi connectivity index (χ4n) is 1.88. The molecule has 19 heavy (non-hydrogen) atoms. The van der Waals surface area contributed by atoms with Gasteiger partial charge in [0.25, 0.3) is 0 Å². The van der Waals surface area contributed by atoms with Gasteiger partial charge in [-0.05, 0) is 29.8 Å². The quantitative estimate of drug-likeness (QED) is 0.795. The van der Waals surface area contributed by atoms with Crippen LogP contribution in [-0.2, 0) is 0 Å². The Kier molecular flexibility index (Phi) is 4.17. The molecule has 1 heterocycles. The molecule has 0 atom stereocenters. The summed E-state index contributed by atoms with van der Waals surface area (Å²) >= 11 is 0. The van der Waals surface area contributed by atoms with Gasteiger partial charge in [0.2, 0.25) is 0 Å². The first kappa shape index (κ1) is 13.6. The summed E-state index contributed by atoms with van der Waals surface area (Å²) in [5.41, 5.74) is 3.47. The van der Waals surface area contributed by atoms with Crippen LogP contribution in [0.4, 0.5) is 0 Å². The Morgan fingerprint density at radius 3 is 2.63 bits per heavy atom. The van der Waals surface area contributed by atoms with Crippen molar-refractivity contribution in [1.82, 2.24) is 4.98 Å². The third-order valence-corrected chi connectivity index (χ3v) is 5.73. The van der Waals surface area contributed by atoms with Crippen molar-refractivity contribution in [2.45, 2.75) is 13.1 Å². The zero-order chi connectivity index (χ0) is 13.7. The molecule has 1 aromatic heterocycles. The van der Waals surface area contributed by atoms with Gasteiger partial charge in [-0.25, -0.2) is 0 Å². The smallest absolute Gasteiger partial charge is 0.127 e. The number of nitrogens with zero attached hydrogens (tertiary/aromatic N) is 1. The van der Waals surface area contributed by atoms with Crippen molar-refractivity contribution < 1.29 is 4.74 Å². The number of ether oxygens (including phenoxy) is 1. The standard InChI is InChI=1S/C16H19NOSi/c1-18-15-8-6-7-14(13-15)10-12-19(2,3)16-9-4-5-11-17-16/h4-13H,1-3H3/b12-10+. The molecule has 0 fully saturated rings. The van der Waals surface area contributed by atoms with E-state index in [1.807, 2.05) is 30.5 Å². The number of benzene rings is 1. The van der Waals surface area contributed by atoms with Gasteiger partial charge in [0.05, 0.1) is 7.11 Å². The minimum Gasteiger partial charge on any atom is -0.497 e. The van der Waals surface area contributed by atoms with E-state index in [1.54, 1.807) is 7.11 Å². The molecule has 98 valence electrons. The van der Waals surface area contributed by atoms with Crippen LogP contribution in [0.15, 0.2) is 54.4 Å². The van der Waals surface area contributed by atoms with Crippen LogP contribution < -0.4 is 10.1 Å². The number of pyridine rings is 1. The van der Waals surface area contributed by atoms with E-state index in [0.717, 1.165) is 11.3 Å². The maximum atomic E-state index is 5.24. The van der Waals surface area contributed by atoms with Crippen LogP contribution in [0.1, 0.15) is 5.56 Å². The lowest BCUT2D eigenvalue weighted by Gasteiger charge is -2.16. The highest BCUT2D eigenvalue weighted by molar-refractivity contribution is 6.93. The van der Waals surface area contributed by atoms with Gasteiger partial charge in [-0.3, -0.25) is 4.98 Å². The van der Waals surface area contributed by atoms with Gasteiger partial charge >= 0.3 is 0 Å². The van der Waals surface area contributed by atoms with Crippen molar-refractivity contribution in [3.05, 3.63) is 59.9 Å². The van der Waals surface area contributed by atoms with Crippen molar-refractivity contribution in [2.24, 2.45) is 0 Å². The van der Waals surface area contributed by atoms with E-state index in [-0.39, 0.29) is 0 Å². The maximum absolute atomic E-state index is 5.24. The van der Waals surface area contributed by atoms with Crippen LogP contribution in [0, 0.1) is 0 Å². The minimum absolute atomic E-state index is 0.888. The van der Waals surface area contributed by atoms with E-state index in [2.05, 4.69) is 48.1 Å². The van der Waals surface area contributed by atoms with Gasteiger partial charge in [-0.15, -0.1) is 0 Å². The van der Waals surface area contributed by atoms with Crippen LogP contribution in [0.25, 0.3) is 6.08 Å². The molecule has 2 nitrogen and oxygen atoms in total. The van der Waals surface area contributed by atoms with Crippen LogP contribution in [0.3, 0.4) is 0 Å². The van der Waals surface area contributed by atoms with Gasteiger partial charge in [-0.1, -0.05) is 43.1 Å². The number of hydrogen-bond acceptors (Lipinski definition) is 2. The van der Waals surface area contributed by atoms with Gasteiger partial charge in [0.15, 0.2) is 0 Å². The highest BCUT2D eigenvalue weighted by Crippen LogP contribution is 2.15. The Bertz CT molecular complexity index is 564. The second-order valence-electron chi connectivity index (χ2n) is 5.05. The summed E-state index contributed by atoms with van der Waals surface area (Å²) in [4.78, 5) is 4.48. The average molecular weight is 269 g/mol. The number of methoxy groups -OCH3 is 1. The minimum atomic E-state index is -1.62. The molecule has 2 rings (SSSR count). The molecule has 0 N–H and O–H groups in total. The third-order valence-electron chi connectivity index (χ3n) is 3.11. The summed E-state index contributed by atoms with van der Waals surface area (Å²) < 4.78 is 5.24. The number of hydrogen-bond donors (Lipinski definition) is 0. The molecule has 0 aliphatic rings. The predicted molar refractivity (Wildman–Crippen MR) is 83.4 cm³/mol. The van der Waals surface area contributed by atoms with E-state index in [4.69, 9.17) is 4.74 Å². The lowest BCUT2D eigenvalue weighted by atomic mass is 10.2. The molecule has 0 unspecified atom stereocenters. The van der Waals surface area contributed by atoms with Crippen molar-refractivity contribution in [2.75, 3.05) is 7.11 Å². The van der Waals surface area contributed by atoms with Crippen LogP contribution >= 0.6 is 0 Å². The lowest BCUT2D eigenvalue weighted by Crippen LogP contribution is -2.41. The average Bonchev–Trinajstić information content (AvgIpc) is 2.46. The molecular formula is C16H19NOSi. The molecule has 0 aliphatic carbocycles. The predicted octanol–water partition coefficient (Wildman–Crippen LogP) is 3.26. The summed E-state index contributed by atoms with van der Waals surface area (Å²) in [5.74, 6) is 0.888. The molecule has 2 aromatic rings. The normalized spacial score (nSPS) is 11.7. The summed E-state index contributed by atoms with van der Waals surface area (Å²) in [7, 11) is 0.0676. The maximum Gasteiger partial charge on any atom is 0.127 e. The summed E-state index contributed by atoms with van der Waals surface area (Å²) in [6, 6.07) is 14.2. The highest BCUT2D eigenvalue weighted by atomic mass is 28.3. The van der Waals surface area contributed by atoms with Crippen LogP contribution in [0.5, 0.6) is 5.75 Å². The van der Waals surface area contributed by atoms with Crippen LogP contribution in [0.2, 0.25) is 13.1 Å². The Balaban J connectivity index is 2.21. The Morgan fingerprint density at radius 1 is 1.11 bits per heavy atom. The second-order valence-corrected chi connectivity index (χ2v) is 9.34. The van der Waals surface area contributed by atoms with Crippen molar-refractivity contribution in [1.29, 1.82) is 0 Å². The Morgan fingerprint density at radius 2 is 1.95 bits per heavy atom. The fraction of sp³-hybridized carbons (Fsp3) is 0.188. The fourth-order valence-corrected chi connectivity index (χ4v) is 3.59. The lowest BCUT2D eigenvalue weighted by molar-refractivity contribution is 0.414. The molecule has 0 bridgehead atoms. The topological polar surface area (TPSA) is 22.1 Å². The van der Waals surface area contributed by atoms with Crippen molar-refractivity contribution in [3.63, 3.8) is 0 Å². The summed E-state index contributed by atoms with van der Waals surface area (Å²) in [6.07, 6.45) is 4.03. The SMILES string of the molecule is COc1cccc(/C=C/[Si](C)(C)c2ccccn2)c1. The van der Waals surface area contributed by atoms with E-state index < -0.39 is 8.07 Å². The van der Waals surface area contributed by atoms with E-state index in [9.17, 15) is 0 Å². The largest absolute Gasteiger partial charge is 0.497 e. The van der Waals surface area contributed by atoms with Gasteiger partial charge in [-0.2, -0.15) is 0 Å². The second kappa shape index (κ2) is 5.84. The first-order valence-electron chi connectivity index (χ1n) is 6.36. The molecule has 0 amide bonds. The molecule has 0 aliphatic heterocycles. The van der Waals surface area contributed by atoms with Crippen LogP contribution in [-0.4, -0.2) is 20.2 Å². The first-order chi connectivity index (χ1) is 9.12. The van der Waals surface area contributed by atoms with Gasteiger partial charge in [0.1, 0.15) is 13.8 Å². The van der Waals surface area contributed by atoms with E-state index >= 15 is 0 Å². The molecule has 0 radical (unpaired) electrons. The number of aromatic nitrogens is 1. The molecular weight excluding hydrogens is 250 g/mol. The molecule has 0 saturated heterocycles. The van der Waals surface area contributed by atoms with Crippen molar-refractivity contribution >= 4 is 19.5 Å². The molecule has 0 saturated carbocycles. The molecule has 3 heteroatoms. The monoisotopic (exact) mass is 269 g/mol. The van der Waals surface area contributed by atoms with Gasteiger partial charge in [0, 0.05) is 11.5 Å². The zero-order valence-corrected chi connectivity index (χ0v) is 12.6. The van der Waals surface area contributed by atoms with Crippen molar-refractivity contribution in [3.8, 4) is 5.75 Å². The Hall–Kier alpha value is -1.87. The van der Waals surface area contributed by atoms with E-state index in [0.29, 0.717) is 0 Å². The number of rotatable bonds is 4. The van der Waals surface area contributed by atoms with Gasteiger partial charge < -0.3 is 4.74 Å². The molecule has 1 aromatic carbocycles. The summed E-state index contributed by atoms with van der Waals surface area (Å²) in [5, 5.41) is 1.20. The molecule has 0 spiro atoms. The highest BCUT2D eigenvalue weighted by Gasteiger charge is 2.20. The summed E-state index contributed by atoms with van der Waals surface area (Å²) in [6.45, 7) is 4.60. The van der Waals surface area contributed by atoms with E-state index in [1.165, 1.54) is 5.32 Å². The first-order valence-corrected chi connectivity index (χ1v) is 9.44.